The van der Waals surface area contributed by atoms with Crippen molar-refractivity contribution in [3.05, 3.63) is 34.6 Å². The van der Waals surface area contributed by atoms with Crippen molar-refractivity contribution in [1.82, 2.24) is 9.97 Å². The van der Waals surface area contributed by atoms with Crippen molar-refractivity contribution in [1.29, 1.82) is 0 Å². The van der Waals surface area contributed by atoms with E-state index in [1.54, 1.807) is 6.92 Å². The number of carbonyl (C=O) groups excluding carboxylic acids is 1. The van der Waals surface area contributed by atoms with Crippen molar-refractivity contribution in [3.8, 4) is 0 Å². The standard InChI is InChI=1S/C12H8ClF3N2O2/c1-2-20-11(19)9-10(13)18-8-5-6(12(14,15)16)3-4-7(8)17-9/h3-5H,2H2,1H3. The molecule has 4 nitrogen and oxygen atoms in total. The number of nitrogens with zero attached hydrogens (tertiary/aromatic N) is 2. The van der Waals surface area contributed by atoms with Gasteiger partial charge in [-0.15, -0.1) is 0 Å². The molecule has 0 spiro atoms. The molecular weight excluding hydrogens is 297 g/mol. The van der Waals surface area contributed by atoms with Crippen LogP contribution in [0.15, 0.2) is 18.2 Å². The van der Waals surface area contributed by atoms with Crippen LogP contribution in [0.25, 0.3) is 11.0 Å². The van der Waals surface area contributed by atoms with Crippen LogP contribution in [0.4, 0.5) is 13.2 Å². The summed E-state index contributed by atoms with van der Waals surface area (Å²) in [6.07, 6.45) is -4.48. The largest absolute Gasteiger partial charge is 0.461 e. The molecule has 1 heterocycles. The normalized spacial score (nSPS) is 11.7. The number of ether oxygens (including phenoxy) is 1. The van der Waals surface area contributed by atoms with E-state index in [2.05, 4.69) is 9.97 Å². The summed E-state index contributed by atoms with van der Waals surface area (Å²) in [7, 11) is 0. The Hall–Kier alpha value is -1.89. The first-order valence-corrected chi connectivity index (χ1v) is 5.92. The Morgan fingerprint density at radius 2 is 2.00 bits per heavy atom. The van der Waals surface area contributed by atoms with Gasteiger partial charge in [-0.05, 0) is 25.1 Å². The van der Waals surface area contributed by atoms with E-state index in [-0.39, 0.29) is 28.5 Å². The number of benzene rings is 1. The molecule has 0 aliphatic carbocycles. The molecule has 20 heavy (non-hydrogen) atoms. The third-order valence-electron chi connectivity index (χ3n) is 2.42. The van der Waals surface area contributed by atoms with E-state index in [0.717, 1.165) is 18.2 Å². The molecular formula is C12H8ClF3N2O2. The molecule has 0 aliphatic rings. The first-order chi connectivity index (χ1) is 9.32. The van der Waals surface area contributed by atoms with Gasteiger partial charge in [-0.1, -0.05) is 11.6 Å². The maximum absolute atomic E-state index is 12.6. The molecule has 0 amide bonds. The number of carbonyl (C=O) groups is 1. The minimum atomic E-state index is -4.48. The SMILES string of the molecule is CCOC(=O)c1nc2ccc(C(F)(F)F)cc2nc1Cl. The van der Waals surface area contributed by atoms with Crippen LogP contribution in [0.2, 0.25) is 5.15 Å². The third-order valence-corrected chi connectivity index (χ3v) is 2.68. The van der Waals surface area contributed by atoms with Crippen LogP contribution in [0.3, 0.4) is 0 Å². The monoisotopic (exact) mass is 304 g/mol. The maximum Gasteiger partial charge on any atom is 0.416 e. The molecule has 0 saturated heterocycles. The summed E-state index contributed by atoms with van der Waals surface area (Å²) in [5.74, 6) is -0.771. The number of fused-ring (bicyclic) bond motifs is 1. The summed E-state index contributed by atoms with van der Waals surface area (Å²) in [4.78, 5) is 19.2. The molecule has 0 fully saturated rings. The average Bonchev–Trinajstić information content (AvgIpc) is 2.36. The van der Waals surface area contributed by atoms with E-state index in [1.165, 1.54) is 0 Å². The molecule has 0 bridgehead atoms. The molecule has 0 radical (unpaired) electrons. The van der Waals surface area contributed by atoms with Gasteiger partial charge in [0.15, 0.2) is 10.8 Å². The van der Waals surface area contributed by atoms with Crippen LogP contribution < -0.4 is 0 Å². The Bertz CT molecular complexity index is 674. The molecule has 2 aromatic rings. The molecule has 0 aliphatic heterocycles. The lowest BCUT2D eigenvalue weighted by atomic mass is 10.2. The minimum Gasteiger partial charge on any atom is -0.461 e. The Morgan fingerprint density at radius 3 is 2.60 bits per heavy atom. The van der Waals surface area contributed by atoms with Gasteiger partial charge in [0.1, 0.15) is 0 Å². The highest BCUT2D eigenvalue weighted by Gasteiger charge is 2.31. The smallest absolute Gasteiger partial charge is 0.416 e. The predicted molar refractivity (Wildman–Crippen MR) is 65.5 cm³/mol. The van der Waals surface area contributed by atoms with Crippen molar-refractivity contribution in [2.75, 3.05) is 6.61 Å². The molecule has 1 aromatic carbocycles. The van der Waals surface area contributed by atoms with E-state index in [1.807, 2.05) is 0 Å². The number of alkyl halides is 3. The van der Waals surface area contributed by atoms with E-state index >= 15 is 0 Å². The second kappa shape index (κ2) is 5.24. The van der Waals surface area contributed by atoms with E-state index < -0.39 is 17.7 Å². The highest BCUT2D eigenvalue weighted by molar-refractivity contribution is 6.32. The molecule has 0 N–H and O–H groups in total. The van der Waals surface area contributed by atoms with Gasteiger partial charge in [0.25, 0.3) is 0 Å². The van der Waals surface area contributed by atoms with Gasteiger partial charge in [-0.2, -0.15) is 13.2 Å². The molecule has 0 unspecified atom stereocenters. The fraction of sp³-hybridized carbons (Fsp3) is 0.250. The topological polar surface area (TPSA) is 52.1 Å². The lowest BCUT2D eigenvalue weighted by Gasteiger charge is -2.08. The van der Waals surface area contributed by atoms with Gasteiger partial charge >= 0.3 is 12.1 Å². The Labute approximate surface area is 116 Å². The second-order valence-electron chi connectivity index (χ2n) is 3.78. The van der Waals surface area contributed by atoms with E-state index in [0.29, 0.717) is 0 Å². The predicted octanol–water partition coefficient (Wildman–Crippen LogP) is 3.48. The number of hydrogen-bond acceptors (Lipinski definition) is 4. The lowest BCUT2D eigenvalue weighted by molar-refractivity contribution is -0.137. The van der Waals surface area contributed by atoms with Gasteiger partial charge in [0.2, 0.25) is 0 Å². The number of halogens is 4. The third kappa shape index (κ3) is 2.82. The first-order valence-electron chi connectivity index (χ1n) is 5.54. The average molecular weight is 305 g/mol. The summed E-state index contributed by atoms with van der Waals surface area (Å²) >= 11 is 5.74. The van der Waals surface area contributed by atoms with Gasteiger partial charge < -0.3 is 4.74 Å². The van der Waals surface area contributed by atoms with Gasteiger partial charge in [0.05, 0.1) is 23.2 Å². The van der Waals surface area contributed by atoms with Crippen molar-refractivity contribution < 1.29 is 22.7 Å². The zero-order valence-electron chi connectivity index (χ0n) is 10.2. The zero-order chi connectivity index (χ0) is 14.9. The summed E-state index contributed by atoms with van der Waals surface area (Å²) in [5, 5.41) is -0.296. The number of esters is 1. The van der Waals surface area contributed by atoms with Gasteiger partial charge in [0, 0.05) is 0 Å². The highest BCUT2D eigenvalue weighted by Crippen LogP contribution is 2.31. The maximum atomic E-state index is 12.6. The molecule has 1 aromatic heterocycles. The van der Waals surface area contributed by atoms with Gasteiger partial charge in [-0.3, -0.25) is 0 Å². The fourth-order valence-electron chi connectivity index (χ4n) is 1.54. The summed E-state index contributed by atoms with van der Waals surface area (Å²) in [6, 6.07) is 2.81. The molecule has 0 saturated carbocycles. The quantitative estimate of drug-likeness (QED) is 0.797. The van der Waals surface area contributed by atoms with Crippen molar-refractivity contribution >= 4 is 28.6 Å². The van der Waals surface area contributed by atoms with Crippen LogP contribution in [0, 0.1) is 0 Å². The van der Waals surface area contributed by atoms with Crippen LogP contribution in [-0.2, 0) is 10.9 Å². The molecule has 2 rings (SSSR count). The van der Waals surface area contributed by atoms with Crippen LogP contribution in [0.1, 0.15) is 23.0 Å². The van der Waals surface area contributed by atoms with Crippen LogP contribution in [0.5, 0.6) is 0 Å². The number of aromatic nitrogens is 2. The fourth-order valence-corrected chi connectivity index (χ4v) is 1.75. The molecule has 8 heteroatoms. The second-order valence-corrected chi connectivity index (χ2v) is 4.14. The Morgan fingerprint density at radius 1 is 1.30 bits per heavy atom. The van der Waals surface area contributed by atoms with Crippen molar-refractivity contribution in [3.63, 3.8) is 0 Å². The Kier molecular flexibility index (Phi) is 3.80. The van der Waals surface area contributed by atoms with E-state index in [9.17, 15) is 18.0 Å². The lowest BCUT2D eigenvalue weighted by Crippen LogP contribution is -2.10. The van der Waals surface area contributed by atoms with Crippen molar-refractivity contribution in [2.24, 2.45) is 0 Å². The zero-order valence-corrected chi connectivity index (χ0v) is 10.9. The first kappa shape index (κ1) is 14.5. The van der Waals surface area contributed by atoms with Crippen LogP contribution >= 0.6 is 11.6 Å². The van der Waals surface area contributed by atoms with Crippen molar-refractivity contribution in [2.45, 2.75) is 13.1 Å². The van der Waals surface area contributed by atoms with E-state index in [4.69, 9.17) is 16.3 Å². The summed E-state index contributed by atoms with van der Waals surface area (Å²) in [5.41, 5.74) is -0.997. The molecule has 0 atom stereocenters. The summed E-state index contributed by atoms with van der Waals surface area (Å²) in [6.45, 7) is 1.73. The number of hydrogen-bond donors (Lipinski definition) is 0. The minimum absolute atomic E-state index is 0.0436. The highest BCUT2D eigenvalue weighted by atomic mass is 35.5. The number of rotatable bonds is 2. The Balaban J connectivity index is 2.54. The summed E-state index contributed by atoms with van der Waals surface area (Å²) < 4.78 is 42.4. The van der Waals surface area contributed by atoms with Gasteiger partial charge in [-0.25, -0.2) is 14.8 Å². The molecule has 106 valence electrons. The van der Waals surface area contributed by atoms with Crippen LogP contribution in [-0.4, -0.2) is 22.5 Å².